The summed E-state index contributed by atoms with van der Waals surface area (Å²) in [6.07, 6.45) is 5.44. The molecule has 1 saturated heterocycles. The van der Waals surface area contributed by atoms with Gasteiger partial charge in [-0.1, -0.05) is 34.4 Å². The van der Waals surface area contributed by atoms with E-state index in [4.69, 9.17) is 33.8 Å². The van der Waals surface area contributed by atoms with Crippen LogP contribution in [0.4, 0.5) is 5.82 Å². The fourth-order valence-electron chi connectivity index (χ4n) is 2.74. The van der Waals surface area contributed by atoms with Gasteiger partial charge in [-0.25, -0.2) is 4.98 Å². The summed E-state index contributed by atoms with van der Waals surface area (Å²) in [6, 6.07) is 9.15. The Morgan fingerprint density at radius 1 is 1.12 bits per heavy atom. The summed E-state index contributed by atoms with van der Waals surface area (Å²) in [6.45, 7) is 2.26. The molecule has 1 aromatic carbocycles. The number of nitrogens with two attached hydrogens (primary N) is 1. The van der Waals surface area contributed by atoms with Crippen LogP contribution in [-0.2, 0) is 11.4 Å². The Labute approximate surface area is 157 Å². The minimum atomic E-state index is 0.151. The van der Waals surface area contributed by atoms with Crippen molar-refractivity contribution >= 4 is 34.9 Å². The molecule has 0 bridgehead atoms. The molecule has 5 nitrogen and oxygen atoms in total. The number of anilines is 1. The number of hydrogen-bond donors (Lipinski definition) is 1. The highest BCUT2D eigenvalue weighted by Crippen LogP contribution is 2.25. The van der Waals surface area contributed by atoms with Gasteiger partial charge in [0.15, 0.2) is 5.84 Å². The van der Waals surface area contributed by atoms with Crippen LogP contribution in [0.3, 0.4) is 0 Å². The molecular weight excluding hydrogens is 359 g/mol. The van der Waals surface area contributed by atoms with Crippen molar-refractivity contribution < 1.29 is 4.84 Å². The first-order valence-electron chi connectivity index (χ1n) is 8.25. The molecule has 2 heterocycles. The zero-order chi connectivity index (χ0) is 17.6. The lowest BCUT2D eigenvalue weighted by Gasteiger charge is -2.27. The van der Waals surface area contributed by atoms with Crippen LogP contribution >= 0.6 is 23.2 Å². The first kappa shape index (κ1) is 17.8. The molecule has 2 N–H and O–H groups in total. The number of rotatable bonds is 5. The largest absolute Gasteiger partial charge is 0.389 e. The minimum absolute atomic E-state index is 0.151. The number of pyridine rings is 1. The Kier molecular flexibility index (Phi) is 6.00. The van der Waals surface area contributed by atoms with E-state index in [-0.39, 0.29) is 12.4 Å². The first-order valence-corrected chi connectivity index (χ1v) is 9.00. The van der Waals surface area contributed by atoms with Gasteiger partial charge >= 0.3 is 0 Å². The Hall–Kier alpha value is -1.98. The van der Waals surface area contributed by atoms with Gasteiger partial charge < -0.3 is 15.5 Å². The molecule has 1 aliphatic rings. The molecule has 1 aromatic heterocycles. The van der Waals surface area contributed by atoms with Gasteiger partial charge in [0.05, 0.1) is 0 Å². The minimum Gasteiger partial charge on any atom is -0.389 e. The van der Waals surface area contributed by atoms with Crippen molar-refractivity contribution in [2.24, 2.45) is 10.9 Å². The molecule has 2 aromatic rings. The summed E-state index contributed by atoms with van der Waals surface area (Å²) >= 11 is 12.2. The van der Waals surface area contributed by atoms with Crippen LogP contribution in [0.1, 0.15) is 30.4 Å². The van der Waals surface area contributed by atoms with Crippen molar-refractivity contribution in [2.45, 2.75) is 25.9 Å². The molecule has 0 amide bonds. The van der Waals surface area contributed by atoms with Gasteiger partial charge in [0, 0.05) is 40.5 Å². The van der Waals surface area contributed by atoms with E-state index in [1.54, 1.807) is 24.4 Å². The van der Waals surface area contributed by atoms with E-state index in [0.717, 1.165) is 18.9 Å². The summed E-state index contributed by atoms with van der Waals surface area (Å²) in [5.41, 5.74) is 7.36. The fraction of sp³-hybridized carbons (Fsp3) is 0.333. The average molecular weight is 379 g/mol. The molecule has 7 heteroatoms. The van der Waals surface area contributed by atoms with Crippen molar-refractivity contribution in [1.29, 1.82) is 0 Å². The molecule has 0 spiro atoms. The summed E-state index contributed by atoms with van der Waals surface area (Å²) in [5.74, 6) is 1.24. The normalized spacial score (nSPS) is 15.3. The van der Waals surface area contributed by atoms with Gasteiger partial charge in [-0.2, -0.15) is 0 Å². The number of halogens is 2. The highest BCUT2D eigenvalue weighted by atomic mass is 35.5. The molecule has 132 valence electrons. The van der Waals surface area contributed by atoms with Crippen LogP contribution in [0.5, 0.6) is 0 Å². The standard InChI is InChI=1S/C18H20Cl2N4O/c19-15-5-4-6-16(20)14(15)12-25-23-18(21)13-7-8-17(22-11-13)24-9-2-1-3-10-24/h4-8,11H,1-3,9-10,12H2,(H2,21,23). The van der Waals surface area contributed by atoms with Crippen molar-refractivity contribution in [3.05, 3.63) is 57.7 Å². The number of amidine groups is 1. The predicted molar refractivity (Wildman–Crippen MR) is 102 cm³/mol. The second-order valence-corrected chi connectivity index (χ2v) is 6.72. The highest BCUT2D eigenvalue weighted by molar-refractivity contribution is 6.35. The van der Waals surface area contributed by atoms with Crippen LogP contribution in [0.2, 0.25) is 10.0 Å². The number of hydrogen-bond acceptors (Lipinski definition) is 4. The monoisotopic (exact) mass is 378 g/mol. The Morgan fingerprint density at radius 3 is 2.48 bits per heavy atom. The summed E-state index contributed by atoms with van der Waals surface area (Å²) in [5, 5.41) is 5.01. The molecule has 1 aliphatic heterocycles. The van der Waals surface area contributed by atoms with Crippen LogP contribution in [0.15, 0.2) is 41.7 Å². The zero-order valence-electron chi connectivity index (χ0n) is 13.8. The molecule has 3 rings (SSSR count). The Bertz CT molecular complexity index is 723. The maximum Gasteiger partial charge on any atom is 0.171 e. The Morgan fingerprint density at radius 2 is 1.84 bits per heavy atom. The third kappa shape index (κ3) is 4.55. The topological polar surface area (TPSA) is 63.7 Å². The third-order valence-corrected chi connectivity index (χ3v) is 4.87. The summed E-state index contributed by atoms with van der Waals surface area (Å²) < 4.78 is 0. The van der Waals surface area contributed by atoms with Crippen molar-refractivity contribution in [1.82, 2.24) is 4.98 Å². The number of aromatic nitrogens is 1. The van der Waals surface area contributed by atoms with Crippen molar-refractivity contribution in [3.63, 3.8) is 0 Å². The van der Waals surface area contributed by atoms with Crippen LogP contribution < -0.4 is 10.6 Å². The van der Waals surface area contributed by atoms with Gasteiger partial charge in [0.1, 0.15) is 12.4 Å². The van der Waals surface area contributed by atoms with E-state index >= 15 is 0 Å². The third-order valence-electron chi connectivity index (χ3n) is 4.16. The predicted octanol–water partition coefficient (Wildman–Crippen LogP) is 4.22. The Balaban J connectivity index is 1.62. The van der Waals surface area contributed by atoms with E-state index in [1.807, 2.05) is 12.1 Å². The first-order chi connectivity index (χ1) is 12.1. The molecule has 25 heavy (non-hydrogen) atoms. The van der Waals surface area contributed by atoms with E-state index < -0.39 is 0 Å². The molecule has 0 radical (unpaired) electrons. The lowest BCUT2D eigenvalue weighted by Crippen LogP contribution is -2.30. The van der Waals surface area contributed by atoms with Gasteiger partial charge in [-0.05, 0) is 43.5 Å². The van der Waals surface area contributed by atoms with Crippen LogP contribution in [0, 0.1) is 0 Å². The lowest BCUT2D eigenvalue weighted by atomic mass is 10.1. The molecule has 0 unspecified atom stereocenters. The fourth-order valence-corrected chi connectivity index (χ4v) is 3.24. The van der Waals surface area contributed by atoms with Gasteiger partial charge in [0.2, 0.25) is 0 Å². The smallest absolute Gasteiger partial charge is 0.171 e. The molecule has 1 fully saturated rings. The van der Waals surface area contributed by atoms with E-state index in [9.17, 15) is 0 Å². The quantitative estimate of drug-likeness (QED) is 0.480. The average Bonchev–Trinajstić information content (AvgIpc) is 2.65. The SMILES string of the molecule is N/C(=N/OCc1c(Cl)cccc1Cl)c1ccc(N2CCCCC2)nc1. The molecular formula is C18H20Cl2N4O. The highest BCUT2D eigenvalue weighted by Gasteiger charge is 2.12. The van der Waals surface area contributed by atoms with Gasteiger partial charge in [-0.3, -0.25) is 0 Å². The number of nitrogens with zero attached hydrogens (tertiary/aromatic N) is 3. The number of benzene rings is 1. The van der Waals surface area contributed by atoms with Crippen molar-refractivity contribution in [2.75, 3.05) is 18.0 Å². The van der Waals surface area contributed by atoms with Gasteiger partial charge in [0.25, 0.3) is 0 Å². The second-order valence-electron chi connectivity index (χ2n) is 5.90. The van der Waals surface area contributed by atoms with E-state index in [0.29, 0.717) is 21.2 Å². The lowest BCUT2D eigenvalue weighted by molar-refractivity contribution is 0.130. The maximum atomic E-state index is 6.09. The summed E-state index contributed by atoms with van der Waals surface area (Å²) in [7, 11) is 0. The van der Waals surface area contributed by atoms with Crippen LogP contribution in [0.25, 0.3) is 0 Å². The summed E-state index contributed by atoms with van der Waals surface area (Å²) in [4.78, 5) is 12.1. The maximum absolute atomic E-state index is 6.09. The molecule has 0 saturated carbocycles. The number of piperidine rings is 1. The zero-order valence-corrected chi connectivity index (χ0v) is 15.3. The van der Waals surface area contributed by atoms with Crippen molar-refractivity contribution in [3.8, 4) is 0 Å². The van der Waals surface area contributed by atoms with E-state index in [1.165, 1.54) is 19.3 Å². The second kappa shape index (κ2) is 8.41. The van der Waals surface area contributed by atoms with E-state index in [2.05, 4.69) is 15.0 Å². The number of oxime groups is 1. The molecule has 0 aliphatic carbocycles. The van der Waals surface area contributed by atoms with Gasteiger partial charge in [-0.15, -0.1) is 0 Å². The molecule has 0 atom stereocenters. The van der Waals surface area contributed by atoms with Crippen LogP contribution in [-0.4, -0.2) is 23.9 Å².